The summed E-state index contributed by atoms with van der Waals surface area (Å²) < 4.78 is 27.2. The van der Waals surface area contributed by atoms with Crippen LogP contribution in [0.4, 0.5) is 0 Å². The number of aromatic carboxylic acids is 1. The summed E-state index contributed by atoms with van der Waals surface area (Å²) in [4.78, 5) is 10.7. The minimum absolute atomic E-state index is 0.0826. The molecule has 5 nitrogen and oxygen atoms in total. The van der Waals surface area contributed by atoms with Crippen molar-refractivity contribution in [2.45, 2.75) is 13.3 Å². The van der Waals surface area contributed by atoms with E-state index in [-0.39, 0.29) is 11.3 Å². The summed E-state index contributed by atoms with van der Waals surface area (Å²) in [6.07, 6.45) is 1.60. The lowest BCUT2D eigenvalue weighted by atomic mass is 10.1. The molecule has 0 unspecified atom stereocenters. The van der Waals surface area contributed by atoms with Gasteiger partial charge in [0.15, 0.2) is 0 Å². The van der Waals surface area contributed by atoms with Crippen molar-refractivity contribution in [3.8, 4) is 5.75 Å². The molecular weight excluding hydrogens is 256 g/mol. The van der Waals surface area contributed by atoms with Crippen LogP contribution in [0.15, 0.2) is 18.2 Å². The molecule has 0 aromatic heterocycles. The second-order valence-corrected chi connectivity index (χ2v) is 6.38. The van der Waals surface area contributed by atoms with Gasteiger partial charge in [0.25, 0.3) is 0 Å². The molecule has 0 atom stereocenters. The molecule has 1 aromatic rings. The Labute approximate surface area is 106 Å². The van der Waals surface area contributed by atoms with Crippen LogP contribution in [-0.2, 0) is 9.84 Å². The molecule has 1 rings (SSSR count). The van der Waals surface area contributed by atoms with E-state index in [1.54, 1.807) is 13.0 Å². The van der Waals surface area contributed by atoms with E-state index in [2.05, 4.69) is 0 Å². The second kappa shape index (κ2) is 5.86. The number of hydrogen-bond donors (Lipinski definition) is 1. The average molecular weight is 272 g/mol. The van der Waals surface area contributed by atoms with Crippen LogP contribution in [-0.4, -0.2) is 38.1 Å². The third-order valence-electron chi connectivity index (χ3n) is 2.34. The lowest BCUT2D eigenvalue weighted by Crippen LogP contribution is -2.08. The van der Waals surface area contributed by atoms with Gasteiger partial charge in [0.1, 0.15) is 15.6 Å². The number of ether oxygens (including phenoxy) is 1. The summed E-state index contributed by atoms with van der Waals surface area (Å²) in [5.74, 6) is -0.325. The maximum Gasteiger partial charge on any atom is 0.335 e. The fourth-order valence-corrected chi connectivity index (χ4v) is 2.09. The van der Waals surface area contributed by atoms with Crippen molar-refractivity contribution in [1.82, 2.24) is 0 Å². The molecule has 0 saturated heterocycles. The van der Waals surface area contributed by atoms with Crippen molar-refractivity contribution in [1.29, 1.82) is 0 Å². The van der Waals surface area contributed by atoms with E-state index in [4.69, 9.17) is 9.84 Å². The predicted molar refractivity (Wildman–Crippen MR) is 68.0 cm³/mol. The maximum absolute atomic E-state index is 10.9. The van der Waals surface area contributed by atoms with E-state index in [1.165, 1.54) is 18.4 Å². The number of rotatable bonds is 6. The number of benzene rings is 1. The molecule has 0 spiro atoms. The van der Waals surface area contributed by atoms with Crippen LogP contribution < -0.4 is 4.74 Å². The zero-order valence-electron chi connectivity index (χ0n) is 10.3. The van der Waals surface area contributed by atoms with Gasteiger partial charge in [-0.3, -0.25) is 0 Å². The van der Waals surface area contributed by atoms with E-state index in [9.17, 15) is 13.2 Å². The number of carboxylic acids is 1. The van der Waals surface area contributed by atoms with Gasteiger partial charge in [0, 0.05) is 6.26 Å². The lowest BCUT2D eigenvalue weighted by molar-refractivity contribution is 0.0696. The zero-order chi connectivity index (χ0) is 13.8. The molecule has 0 aliphatic carbocycles. The Bertz CT molecular complexity index is 533. The van der Waals surface area contributed by atoms with Gasteiger partial charge in [0.05, 0.1) is 17.9 Å². The van der Waals surface area contributed by atoms with Gasteiger partial charge in [0.2, 0.25) is 0 Å². The SMILES string of the molecule is Cc1cc(C(=O)O)ccc1OCCCS(C)(=O)=O. The Morgan fingerprint density at radius 2 is 2.06 bits per heavy atom. The van der Waals surface area contributed by atoms with Crippen LogP contribution in [0.1, 0.15) is 22.3 Å². The van der Waals surface area contributed by atoms with Gasteiger partial charge in [-0.25, -0.2) is 13.2 Å². The van der Waals surface area contributed by atoms with Gasteiger partial charge >= 0.3 is 5.97 Å². The van der Waals surface area contributed by atoms with Crippen molar-refractivity contribution >= 4 is 15.8 Å². The van der Waals surface area contributed by atoms with Gasteiger partial charge in [-0.15, -0.1) is 0 Å². The molecule has 100 valence electrons. The highest BCUT2D eigenvalue weighted by molar-refractivity contribution is 7.90. The summed E-state index contributed by atoms with van der Waals surface area (Å²) in [6, 6.07) is 4.56. The molecule has 0 radical (unpaired) electrons. The Kier molecular flexibility index (Phi) is 4.72. The van der Waals surface area contributed by atoms with Crippen LogP contribution in [0.5, 0.6) is 5.75 Å². The molecule has 0 aliphatic rings. The van der Waals surface area contributed by atoms with Crippen LogP contribution >= 0.6 is 0 Å². The quantitative estimate of drug-likeness (QED) is 0.794. The number of hydrogen-bond acceptors (Lipinski definition) is 4. The first-order valence-corrected chi connectivity index (χ1v) is 7.50. The Hall–Kier alpha value is -1.56. The fourth-order valence-electron chi connectivity index (χ4n) is 1.45. The highest BCUT2D eigenvalue weighted by Gasteiger charge is 2.07. The normalized spacial score (nSPS) is 11.2. The summed E-state index contributed by atoms with van der Waals surface area (Å²) in [5, 5.41) is 8.80. The van der Waals surface area contributed by atoms with Gasteiger partial charge in [-0.1, -0.05) is 0 Å². The molecular formula is C12H16O5S. The molecule has 6 heteroatoms. The minimum atomic E-state index is -2.96. The van der Waals surface area contributed by atoms with Crippen LogP contribution in [0.25, 0.3) is 0 Å². The molecule has 18 heavy (non-hydrogen) atoms. The molecule has 0 bridgehead atoms. The molecule has 0 fully saturated rings. The van der Waals surface area contributed by atoms with Gasteiger partial charge in [-0.05, 0) is 37.1 Å². The van der Waals surface area contributed by atoms with Crippen molar-refractivity contribution in [2.24, 2.45) is 0 Å². The van der Waals surface area contributed by atoms with Crippen LogP contribution in [0, 0.1) is 6.92 Å². The van der Waals surface area contributed by atoms with E-state index in [1.807, 2.05) is 0 Å². The zero-order valence-corrected chi connectivity index (χ0v) is 11.2. The number of sulfone groups is 1. The van der Waals surface area contributed by atoms with E-state index >= 15 is 0 Å². The Morgan fingerprint density at radius 3 is 2.56 bits per heavy atom. The number of aryl methyl sites for hydroxylation is 1. The van der Waals surface area contributed by atoms with Crippen molar-refractivity contribution in [3.05, 3.63) is 29.3 Å². The first-order chi connectivity index (χ1) is 8.29. The molecule has 0 aliphatic heterocycles. The molecule has 1 aromatic carbocycles. The van der Waals surface area contributed by atoms with E-state index < -0.39 is 15.8 Å². The monoisotopic (exact) mass is 272 g/mol. The van der Waals surface area contributed by atoms with Crippen LogP contribution in [0.3, 0.4) is 0 Å². The molecule has 1 N–H and O–H groups in total. The van der Waals surface area contributed by atoms with Crippen molar-refractivity contribution in [3.63, 3.8) is 0 Å². The molecule has 0 heterocycles. The third kappa shape index (κ3) is 4.75. The minimum Gasteiger partial charge on any atom is -0.493 e. The highest BCUT2D eigenvalue weighted by Crippen LogP contribution is 2.19. The third-order valence-corrected chi connectivity index (χ3v) is 3.37. The predicted octanol–water partition coefficient (Wildman–Crippen LogP) is 1.51. The van der Waals surface area contributed by atoms with E-state index in [0.717, 1.165) is 0 Å². The molecule has 0 amide bonds. The van der Waals surface area contributed by atoms with Crippen molar-refractivity contribution < 1.29 is 23.1 Å². The highest BCUT2D eigenvalue weighted by atomic mass is 32.2. The van der Waals surface area contributed by atoms with E-state index in [0.29, 0.717) is 24.3 Å². The summed E-state index contributed by atoms with van der Waals surface area (Å²) in [7, 11) is -2.96. The van der Waals surface area contributed by atoms with Gasteiger partial charge < -0.3 is 9.84 Å². The lowest BCUT2D eigenvalue weighted by Gasteiger charge is -2.09. The summed E-state index contributed by atoms with van der Waals surface area (Å²) >= 11 is 0. The summed E-state index contributed by atoms with van der Waals surface area (Å²) in [5.41, 5.74) is 0.922. The number of carbonyl (C=O) groups is 1. The average Bonchev–Trinajstić information content (AvgIpc) is 2.24. The Balaban J connectivity index is 2.56. The Morgan fingerprint density at radius 1 is 1.39 bits per heavy atom. The smallest absolute Gasteiger partial charge is 0.335 e. The van der Waals surface area contributed by atoms with Crippen LogP contribution in [0.2, 0.25) is 0 Å². The fraction of sp³-hybridized carbons (Fsp3) is 0.417. The van der Waals surface area contributed by atoms with Gasteiger partial charge in [-0.2, -0.15) is 0 Å². The van der Waals surface area contributed by atoms with Crippen molar-refractivity contribution in [2.75, 3.05) is 18.6 Å². The first-order valence-electron chi connectivity index (χ1n) is 5.44. The topological polar surface area (TPSA) is 80.7 Å². The first kappa shape index (κ1) is 14.5. The summed E-state index contributed by atoms with van der Waals surface area (Å²) in [6.45, 7) is 2.04. The standard InChI is InChI=1S/C12H16O5S/c1-9-8-10(12(13)14)4-5-11(9)17-6-3-7-18(2,15)16/h4-5,8H,3,6-7H2,1-2H3,(H,13,14). The second-order valence-electron chi connectivity index (χ2n) is 4.12. The largest absolute Gasteiger partial charge is 0.493 e. The maximum atomic E-state index is 10.9. The molecule has 0 saturated carbocycles. The number of carboxylic acid groups (broad SMARTS) is 1.